The number of benzene rings is 5. The Morgan fingerprint density at radius 3 is 1.75 bits per heavy atom. The predicted molar refractivity (Wildman–Crippen MR) is 181 cm³/mol. The monoisotopic (exact) mass is 947 g/mol. The van der Waals surface area contributed by atoms with Crippen molar-refractivity contribution in [3.8, 4) is 11.5 Å². The van der Waals surface area contributed by atoms with Crippen molar-refractivity contribution >= 4 is 91.4 Å². The number of phenolic OH excluding ortho intramolecular Hbond substituents is 2. The van der Waals surface area contributed by atoms with Crippen molar-refractivity contribution in [3.05, 3.63) is 92.4 Å². The van der Waals surface area contributed by atoms with Gasteiger partial charge in [-0.3, -0.25) is 8.42 Å². The SMILES string of the molecule is O=S(=O)([O-])CCNc1ccc2c[c-]c(N=Nc3ccc(N=Nc4ccc5c[c-]cc(S(=O)(=O)[O-])c5c4)cc3O)c(O)c2c1.O=S(=O)=O.O=S(=O)=O.[CH3-].[Cu+].[Na+].[Na+].[Na+].[Na+]. The topological polar surface area (TPSA) is 319 Å². The first-order valence-electron chi connectivity index (χ1n) is 13.3. The van der Waals surface area contributed by atoms with E-state index in [0.29, 0.717) is 21.8 Å². The van der Waals surface area contributed by atoms with Gasteiger partial charge >= 0.3 is 157 Å². The van der Waals surface area contributed by atoms with Crippen LogP contribution in [-0.4, -0.2) is 73.7 Å². The van der Waals surface area contributed by atoms with Crippen LogP contribution in [0.15, 0.2) is 98.1 Å². The number of azo groups is 2. The molecular weight excluding hydrogens is 926 g/mol. The maximum atomic E-state index is 11.6. The largest absolute Gasteiger partial charge is 1.00 e. The molecule has 3 N–H and O–H groups in total. The zero-order valence-corrected chi connectivity index (χ0v) is 42.6. The summed E-state index contributed by atoms with van der Waals surface area (Å²) in [5.74, 6) is -1.15. The van der Waals surface area contributed by atoms with Crippen molar-refractivity contribution in [1.82, 2.24) is 0 Å². The molecule has 0 amide bonds. The Balaban J connectivity index is -0.000000920. The third-order valence-electron chi connectivity index (χ3n) is 6.10. The number of nitrogens with one attached hydrogen (secondary N) is 1. The smallest absolute Gasteiger partial charge is 0.754 e. The number of aromatic hydroxyl groups is 2. The van der Waals surface area contributed by atoms with Crippen molar-refractivity contribution in [2.45, 2.75) is 4.90 Å². The minimum atomic E-state index is -4.73. The molecule has 0 aromatic heterocycles. The summed E-state index contributed by atoms with van der Waals surface area (Å²) < 4.78 is 118. The second-order valence-corrected chi connectivity index (χ2v) is 13.2. The molecule has 5 aromatic carbocycles. The van der Waals surface area contributed by atoms with Crippen LogP contribution in [0.25, 0.3) is 21.5 Å². The first-order chi connectivity index (χ1) is 23.8. The van der Waals surface area contributed by atoms with Gasteiger partial charge in [-0.25, -0.2) is 8.42 Å². The van der Waals surface area contributed by atoms with Crippen LogP contribution in [-0.2, 0) is 58.5 Å². The van der Waals surface area contributed by atoms with Crippen LogP contribution >= 0.6 is 0 Å². The van der Waals surface area contributed by atoms with Crippen molar-refractivity contribution in [3.63, 3.8) is 0 Å². The summed E-state index contributed by atoms with van der Waals surface area (Å²) >= 11 is 0. The summed E-state index contributed by atoms with van der Waals surface area (Å²) in [6.45, 7) is -0.105. The van der Waals surface area contributed by atoms with Gasteiger partial charge in [-0.05, 0) is 29.2 Å². The molecule has 286 valence electrons. The van der Waals surface area contributed by atoms with E-state index in [0.717, 1.165) is 6.07 Å². The fraction of sp³-hybridized carbons (Fsp3) is 0.0690. The van der Waals surface area contributed by atoms with Crippen LogP contribution in [0.3, 0.4) is 0 Å². The molecule has 5 aromatic rings. The predicted octanol–water partition coefficient (Wildman–Crippen LogP) is -7.85. The zero-order valence-electron chi connectivity index (χ0n) is 30.4. The van der Waals surface area contributed by atoms with E-state index in [1.54, 1.807) is 36.4 Å². The van der Waals surface area contributed by atoms with E-state index in [1.807, 2.05) is 0 Å². The number of rotatable bonds is 9. The van der Waals surface area contributed by atoms with Crippen LogP contribution in [0.4, 0.5) is 28.4 Å². The van der Waals surface area contributed by atoms with E-state index >= 15 is 0 Å². The first-order valence-corrected chi connectivity index (χ1v) is 18.3. The molecule has 0 heterocycles. The number of phenols is 2. The molecule has 0 saturated heterocycles. The molecule has 28 heteroatoms. The quantitative estimate of drug-likeness (QED) is 0.0535. The van der Waals surface area contributed by atoms with Crippen LogP contribution in [0.2, 0.25) is 0 Å². The minimum Gasteiger partial charge on any atom is -0.754 e. The summed E-state index contributed by atoms with van der Waals surface area (Å²) in [6.07, 6.45) is 0. The van der Waals surface area contributed by atoms with Gasteiger partial charge in [-0.2, -0.15) is 45.7 Å². The number of nitrogens with zero attached hydrogens (tertiary/aromatic N) is 4. The molecule has 0 radical (unpaired) electrons. The molecule has 57 heavy (non-hydrogen) atoms. The molecule has 0 bridgehead atoms. The van der Waals surface area contributed by atoms with Crippen LogP contribution in [0.1, 0.15) is 0 Å². The average molecular weight is 948 g/mol. The van der Waals surface area contributed by atoms with Crippen molar-refractivity contribution in [2.24, 2.45) is 20.5 Å². The van der Waals surface area contributed by atoms with Crippen molar-refractivity contribution in [2.75, 3.05) is 17.6 Å². The second kappa shape index (κ2) is 29.1. The Bertz CT molecular complexity index is 2610. The maximum absolute atomic E-state index is 11.6. The maximum Gasteiger partial charge on any atom is 1.00 e. The molecule has 19 nitrogen and oxygen atoms in total. The summed E-state index contributed by atoms with van der Waals surface area (Å²) in [6, 6.07) is 23.2. The van der Waals surface area contributed by atoms with Gasteiger partial charge in [0.25, 0.3) is 0 Å². The number of hydrogen-bond acceptors (Lipinski definition) is 19. The molecule has 0 aliphatic rings. The van der Waals surface area contributed by atoms with E-state index < -0.39 is 52.1 Å². The van der Waals surface area contributed by atoms with Gasteiger partial charge in [-0.1, -0.05) is 17.5 Å². The number of anilines is 1. The Labute approximate surface area is 428 Å². The molecule has 0 spiro atoms. The molecule has 0 aliphatic heterocycles. The van der Waals surface area contributed by atoms with Gasteiger partial charge in [0.1, 0.15) is 11.4 Å². The summed E-state index contributed by atoms with van der Waals surface area (Å²) in [5, 5.41) is 41.7. The van der Waals surface area contributed by atoms with Gasteiger partial charge in [-0.15, -0.1) is 58.7 Å². The van der Waals surface area contributed by atoms with Crippen molar-refractivity contribution < 1.29 is 197 Å². The Kier molecular flexibility index (Phi) is 31.9. The Hall–Kier alpha value is -1.20. The summed E-state index contributed by atoms with van der Waals surface area (Å²) in [4.78, 5) is -0.422. The summed E-state index contributed by atoms with van der Waals surface area (Å²) in [5.41, 5.74) is 1.00. The molecule has 0 aliphatic carbocycles. The third-order valence-corrected chi connectivity index (χ3v) is 7.68. The van der Waals surface area contributed by atoms with Gasteiger partial charge in [0, 0.05) is 29.7 Å². The standard InChI is InChI=1S/C28H21N5O8S2.CH3.Cu.4Na.2O3S/c34-26-16-21(31-30-20-8-5-17-2-1-3-27(22(17)15-20)43(39,40)41)9-11-24(26)32-33-25-10-6-18-4-7-19(14-23(18)28(25)35)29-12-13-42(36,37)38;;;;;;;2*1-4(2)3/h2-9,11,14-16,29,34-35H,12-13H2,(H,36,37,38)(H,39,40,41);1H3;;;;;;;/q-2;-1;5*+1;;/p-2. The van der Waals surface area contributed by atoms with Crippen molar-refractivity contribution in [1.29, 1.82) is 0 Å². The fourth-order valence-electron chi connectivity index (χ4n) is 4.05. The second-order valence-electron chi connectivity index (χ2n) is 9.50. The molecule has 0 atom stereocenters. The minimum absolute atomic E-state index is 0. The third kappa shape index (κ3) is 21.8. The van der Waals surface area contributed by atoms with Crippen LogP contribution in [0.5, 0.6) is 11.5 Å². The molecule has 0 saturated carbocycles. The fourth-order valence-corrected chi connectivity index (χ4v) is 5.06. The van der Waals surface area contributed by atoms with Crippen LogP contribution in [0, 0.1) is 19.6 Å². The Morgan fingerprint density at radius 2 is 1.21 bits per heavy atom. The molecule has 5 rings (SSSR count). The van der Waals surface area contributed by atoms with E-state index in [4.69, 9.17) is 25.3 Å². The van der Waals surface area contributed by atoms with Gasteiger partial charge < -0.3 is 32.1 Å². The number of hydrogen-bond donors (Lipinski definition) is 3. The Morgan fingerprint density at radius 1 is 0.684 bits per heavy atom. The zero-order chi connectivity index (χ0) is 37.9. The van der Waals surface area contributed by atoms with E-state index in [2.05, 4.69) is 37.9 Å². The van der Waals surface area contributed by atoms with Crippen LogP contribution < -0.4 is 124 Å². The van der Waals surface area contributed by atoms with E-state index in [9.17, 15) is 36.2 Å². The molecule has 0 fully saturated rings. The van der Waals surface area contributed by atoms with Gasteiger partial charge in [0.15, 0.2) is 0 Å². The van der Waals surface area contributed by atoms with Gasteiger partial charge in [0.2, 0.25) is 0 Å². The molecular formula is C29H22CuN5Na4O14S4. The molecule has 0 unspecified atom stereocenters. The first kappa shape index (κ1) is 62.4. The normalized spacial score (nSPS) is 10.3. The summed E-state index contributed by atoms with van der Waals surface area (Å²) in [7, 11) is -15.3. The van der Waals surface area contributed by atoms with E-state index in [-0.39, 0.29) is 189 Å². The van der Waals surface area contributed by atoms with Gasteiger partial charge in [0.05, 0.1) is 37.4 Å². The van der Waals surface area contributed by atoms with E-state index in [1.165, 1.54) is 30.3 Å². The number of fused-ring (bicyclic) bond motifs is 2. The average Bonchev–Trinajstić information content (AvgIpc) is 3.02.